The van der Waals surface area contributed by atoms with Gasteiger partial charge in [-0.1, -0.05) is 0 Å². The van der Waals surface area contributed by atoms with Crippen LogP contribution in [0, 0.1) is 11.3 Å². The SMILES string of the molecule is CCOc1cc(C#N)ccc1OCCCC(=O)O. The van der Waals surface area contributed by atoms with E-state index in [9.17, 15) is 4.79 Å². The maximum absolute atomic E-state index is 10.3. The topological polar surface area (TPSA) is 79.5 Å². The van der Waals surface area contributed by atoms with Gasteiger partial charge in [-0.15, -0.1) is 0 Å². The van der Waals surface area contributed by atoms with Crippen molar-refractivity contribution < 1.29 is 19.4 Å². The molecule has 0 saturated carbocycles. The lowest BCUT2D eigenvalue weighted by molar-refractivity contribution is -0.137. The Morgan fingerprint density at radius 2 is 2.17 bits per heavy atom. The average Bonchev–Trinajstić information content (AvgIpc) is 2.36. The van der Waals surface area contributed by atoms with E-state index in [-0.39, 0.29) is 6.42 Å². The van der Waals surface area contributed by atoms with Gasteiger partial charge in [0.15, 0.2) is 11.5 Å². The normalized spacial score (nSPS) is 9.56. The summed E-state index contributed by atoms with van der Waals surface area (Å²) in [5.74, 6) is 0.191. The van der Waals surface area contributed by atoms with Crippen LogP contribution < -0.4 is 9.47 Å². The fourth-order valence-electron chi connectivity index (χ4n) is 1.37. The summed E-state index contributed by atoms with van der Waals surface area (Å²) >= 11 is 0. The highest BCUT2D eigenvalue weighted by molar-refractivity contribution is 5.66. The predicted octanol–water partition coefficient (Wildman–Crippen LogP) is 2.20. The molecule has 1 aromatic carbocycles. The predicted molar refractivity (Wildman–Crippen MR) is 64.7 cm³/mol. The van der Waals surface area contributed by atoms with Crippen molar-refractivity contribution in [3.63, 3.8) is 0 Å². The number of benzene rings is 1. The maximum Gasteiger partial charge on any atom is 0.303 e. The smallest absolute Gasteiger partial charge is 0.303 e. The molecule has 1 N–H and O–H groups in total. The lowest BCUT2D eigenvalue weighted by atomic mass is 10.2. The van der Waals surface area contributed by atoms with Crippen molar-refractivity contribution >= 4 is 5.97 Å². The number of hydrogen-bond donors (Lipinski definition) is 1. The Hall–Kier alpha value is -2.22. The van der Waals surface area contributed by atoms with Gasteiger partial charge >= 0.3 is 5.97 Å². The molecule has 0 atom stereocenters. The Morgan fingerprint density at radius 3 is 2.78 bits per heavy atom. The third-order valence-electron chi connectivity index (χ3n) is 2.17. The Morgan fingerprint density at radius 1 is 1.39 bits per heavy atom. The van der Waals surface area contributed by atoms with E-state index in [1.54, 1.807) is 18.2 Å². The number of aliphatic carboxylic acids is 1. The summed E-state index contributed by atoms with van der Waals surface area (Å²) in [4.78, 5) is 10.3. The summed E-state index contributed by atoms with van der Waals surface area (Å²) in [6.07, 6.45) is 0.501. The maximum atomic E-state index is 10.3. The minimum absolute atomic E-state index is 0.0697. The fraction of sp³-hybridized carbons (Fsp3) is 0.385. The summed E-state index contributed by atoms with van der Waals surface area (Å²) in [6.45, 7) is 2.62. The molecular formula is C13H15NO4. The molecule has 0 bridgehead atoms. The molecule has 0 aliphatic heterocycles. The van der Waals surface area contributed by atoms with Crippen LogP contribution in [0.15, 0.2) is 18.2 Å². The van der Waals surface area contributed by atoms with Crippen molar-refractivity contribution in [2.75, 3.05) is 13.2 Å². The minimum Gasteiger partial charge on any atom is -0.490 e. The van der Waals surface area contributed by atoms with Gasteiger partial charge in [0.05, 0.1) is 24.8 Å². The summed E-state index contributed by atoms with van der Waals surface area (Å²) in [5, 5.41) is 17.3. The van der Waals surface area contributed by atoms with E-state index in [1.807, 2.05) is 13.0 Å². The van der Waals surface area contributed by atoms with Crippen LogP contribution >= 0.6 is 0 Å². The molecule has 5 nitrogen and oxygen atoms in total. The first-order valence-electron chi connectivity index (χ1n) is 5.69. The Balaban J connectivity index is 2.63. The number of carboxylic acids is 1. The quantitative estimate of drug-likeness (QED) is 0.749. The highest BCUT2D eigenvalue weighted by Crippen LogP contribution is 2.28. The largest absolute Gasteiger partial charge is 0.490 e. The standard InChI is InChI=1S/C13H15NO4/c1-2-17-12-8-10(9-14)5-6-11(12)18-7-3-4-13(15)16/h5-6,8H,2-4,7H2,1H3,(H,15,16). The van der Waals surface area contributed by atoms with Crippen LogP contribution in [0.4, 0.5) is 0 Å². The molecular weight excluding hydrogens is 234 g/mol. The molecule has 0 aromatic heterocycles. The molecule has 0 amide bonds. The Bertz CT molecular complexity index is 451. The molecule has 0 unspecified atom stereocenters. The average molecular weight is 249 g/mol. The number of hydrogen-bond acceptors (Lipinski definition) is 4. The summed E-state index contributed by atoms with van der Waals surface area (Å²) in [5.41, 5.74) is 0.497. The third kappa shape index (κ3) is 4.34. The highest BCUT2D eigenvalue weighted by atomic mass is 16.5. The highest BCUT2D eigenvalue weighted by Gasteiger charge is 2.06. The molecule has 0 spiro atoms. The molecule has 0 radical (unpaired) electrons. The van der Waals surface area contributed by atoms with Crippen LogP contribution in [0.3, 0.4) is 0 Å². The molecule has 0 aliphatic rings. The Labute approximate surface area is 106 Å². The molecule has 5 heteroatoms. The van der Waals surface area contributed by atoms with Crippen molar-refractivity contribution in [1.29, 1.82) is 5.26 Å². The second kappa shape index (κ2) is 7.17. The number of nitriles is 1. The summed E-state index contributed by atoms with van der Waals surface area (Å²) in [6, 6.07) is 6.92. The molecule has 0 saturated heterocycles. The first kappa shape index (κ1) is 13.8. The number of carboxylic acid groups (broad SMARTS) is 1. The fourth-order valence-corrected chi connectivity index (χ4v) is 1.37. The minimum atomic E-state index is -0.844. The first-order valence-corrected chi connectivity index (χ1v) is 5.69. The van der Waals surface area contributed by atoms with E-state index in [2.05, 4.69) is 0 Å². The lowest BCUT2D eigenvalue weighted by Crippen LogP contribution is -2.04. The number of carbonyl (C=O) groups is 1. The van der Waals surface area contributed by atoms with Gasteiger partial charge in [0.1, 0.15) is 0 Å². The van der Waals surface area contributed by atoms with E-state index in [0.29, 0.717) is 36.7 Å². The third-order valence-corrected chi connectivity index (χ3v) is 2.17. The van der Waals surface area contributed by atoms with Gasteiger partial charge in [-0.3, -0.25) is 4.79 Å². The Kier molecular flexibility index (Phi) is 5.52. The molecule has 1 aromatic rings. The van der Waals surface area contributed by atoms with Gasteiger partial charge < -0.3 is 14.6 Å². The van der Waals surface area contributed by atoms with E-state index < -0.39 is 5.97 Å². The molecule has 1 rings (SSSR count). The van der Waals surface area contributed by atoms with Crippen LogP contribution in [0.2, 0.25) is 0 Å². The van der Waals surface area contributed by atoms with Gasteiger partial charge in [0.25, 0.3) is 0 Å². The van der Waals surface area contributed by atoms with Crippen molar-refractivity contribution in [3.8, 4) is 17.6 Å². The van der Waals surface area contributed by atoms with Crippen LogP contribution in [0.25, 0.3) is 0 Å². The van der Waals surface area contributed by atoms with Crippen molar-refractivity contribution in [3.05, 3.63) is 23.8 Å². The van der Waals surface area contributed by atoms with Gasteiger partial charge in [-0.05, 0) is 25.5 Å². The van der Waals surface area contributed by atoms with Crippen molar-refractivity contribution in [2.24, 2.45) is 0 Å². The van der Waals surface area contributed by atoms with Gasteiger partial charge in [0.2, 0.25) is 0 Å². The van der Waals surface area contributed by atoms with Crippen LogP contribution in [-0.4, -0.2) is 24.3 Å². The molecule has 96 valence electrons. The van der Waals surface area contributed by atoms with Crippen molar-refractivity contribution in [1.82, 2.24) is 0 Å². The second-order valence-electron chi connectivity index (χ2n) is 3.55. The zero-order chi connectivity index (χ0) is 13.4. The first-order chi connectivity index (χ1) is 8.67. The van der Waals surface area contributed by atoms with Gasteiger partial charge in [-0.25, -0.2) is 0 Å². The molecule has 0 aliphatic carbocycles. The zero-order valence-electron chi connectivity index (χ0n) is 10.2. The monoisotopic (exact) mass is 249 g/mol. The van der Waals surface area contributed by atoms with E-state index >= 15 is 0 Å². The van der Waals surface area contributed by atoms with Crippen LogP contribution in [-0.2, 0) is 4.79 Å². The van der Waals surface area contributed by atoms with E-state index in [1.165, 1.54) is 0 Å². The second-order valence-corrected chi connectivity index (χ2v) is 3.55. The number of rotatable bonds is 7. The summed E-state index contributed by atoms with van der Waals surface area (Å²) in [7, 11) is 0. The van der Waals surface area contributed by atoms with Crippen LogP contribution in [0.1, 0.15) is 25.3 Å². The van der Waals surface area contributed by atoms with Crippen molar-refractivity contribution in [2.45, 2.75) is 19.8 Å². The van der Waals surface area contributed by atoms with Gasteiger partial charge in [0, 0.05) is 12.5 Å². The lowest BCUT2D eigenvalue weighted by Gasteiger charge is -2.11. The summed E-state index contributed by atoms with van der Waals surface area (Å²) < 4.78 is 10.8. The van der Waals surface area contributed by atoms with E-state index in [0.717, 1.165) is 0 Å². The van der Waals surface area contributed by atoms with Crippen LogP contribution in [0.5, 0.6) is 11.5 Å². The van der Waals surface area contributed by atoms with E-state index in [4.69, 9.17) is 19.8 Å². The molecule has 0 fully saturated rings. The number of nitrogens with zero attached hydrogens (tertiary/aromatic N) is 1. The zero-order valence-corrected chi connectivity index (χ0v) is 10.2. The number of ether oxygens (including phenoxy) is 2. The van der Waals surface area contributed by atoms with Gasteiger partial charge in [-0.2, -0.15) is 5.26 Å². The molecule has 18 heavy (non-hydrogen) atoms. The molecule has 0 heterocycles.